The minimum atomic E-state index is 0. The number of fused-ring (bicyclic) bond motifs is 1. The molecule has 26 heavy (non-hydrogen) atoms. The van der Waals surface area contributed by atoms with Crippen LogP contribution in [0.1, 0.15) is 30.1 Å². The zero-order valence-corrected chi connectivity index (χ0v) is 17.5. The highest BCUT2D eigenvalue weighted by atomic mass is 127. The van der Waals surface area contributed by atoms with Gasteiger partial charge in [0.25, 0.3) is 0 Å². The summed E-state index contributed by atoms with van der Waals surface area (Å²) in [5.74, 6) is 3.10. The lowest BCUT2D eigenvalue weighted by Crippen LogP contribution is -2.38. The largest absolute Gasteiger partial charge is 0.444 e. The van der Waals surface area contributed by atoms with Gasteiger partial charge < -0.3 is 15.1 Å². The molecule has 0 atom stereocenters. The van der Waals surface area contributed by atoms with Crippen molar-refractivity contribution in [3.63, 3.8) is 0 Å². The van der Waals surface area contributed by atoms with Crippen molar-refractivity contribution in [1.82, 2.24) is 30.2 Å². The molecule has 9 heteroatoms. The van der Waals surface area contributed by atoms with Gasteiger partial charge >= 0.3 is 0 Å². The number of hydrogen-bond donors (Lipinski definition) is 2. The van der Waals surface area contributed by atoms with E-state index in [2.05, 4.69) is 30.8 Å². The second-order valence-electron chi connectivity index (χ2n) is 5.67. The Kier molecular flexibility index (Phi) is 7.37. The van der Waals surface area contributed by atoms with Crippen molar-refractivity contribution in [1.29, 1.82) is 0 Å². The third-order valence-electron chi connectivity index (χ3n) is 3.81. The van der Waals surface area contributed by atoms with Gasteiger partial charge in [0, 0.05) is 25.7 Å². The minimum Gasteiger partial charge on any atom is -0.444 e. The molecule has 0 amide bonds. The molecule has 0 saturated carbocycles. The Morgan fingerprint density at radius 1 is 1.23 bits per heavy atom. The third-order valence-corrected chi connectivity index (χ3v) is 3.81. The van der Waals surface area contributed by atoms with E-state index in [0.717, 1.165) is 41.9 Å². The standard InChI is InChI=1S/C17H23N7O.HI/c1-4-18-17(20-11-16-21-12(2)13(3)25-16)19-9-8-15-23-22-14-7-5-6-10-24(14)15;/h5-7,10H,4,8-9,11H2,1-3H3,(H2,18,19,20);1H. The fourth-order valence-electron chi connectivity index (χ4n) is 2.45. The molecule has 0 aliphatic heterocycles. The molecule has 0 radical (unpaired) electrons. The van der Waals surface area contributed by atoms with E-state index < -0.39 is 0 Å². The minimum absolute atomic E-state index is 0. The SMILES string of the molecule is CCNC(=NCc1nc(C)c(C)o1)NCCc1nnc2ccccn12.I. The van der Waals surface area contributed by atoms with Crippen molar-refractivity contribution in [3.05, 3.63) is 47.6 Å². The van der Waals surface area contributed by atoms with Crippen LogP contribution in [0.15, 0.2) is 33.8 Å². The van der Waals surface area contributed by atoms with Crippen LogP contribution in [0.5, 0.6) is 0 Å². The van der Waals surface area contributed by atoms with Gasteiger partial charge in [0.05, 0.1) is 5.69 Å². The summed E-state index contributed by atoms with van der Waals surface area (Å²) >= 11 is 0. The predicted octanol–water partition coefficient (Wildman–Crippen LogP) is 2.25. The highest BCUT2D eigenvalue weighted by molar-refractivity contribution is 14.0. The number of oxazole rings is 1. The molecule has 3 rings (SSSR count). The van der Waals surface area contributed by atoms with Gasteiger partial charge in [0.15, 0.2) is 11.6 Å². The van der Waals surface area contributed by atoms with Crippen LogP contribution in [-0.2, 0) is 13.0 Å². The average molecular weight is 469 g/mol. The molecule has 8 nitrogen and oxygen atoms in total. The summed E-state index contributed by atoms with van der Waals surface area (Å²) < 4.78 is 7.55. The molecule has 0 saturated heterocycles. The number of aromatic nitrogens is 4. The van der Waals surface area contributed by atoms with E-state index in [4.69, 9.17) is 4.42 Å². The number of guanidine groups is 1. The molecule has 0 aliphatic carbocycles. The van der Waals surface area contributed by atoms with Gasteiger partial charge in [0.1, 0.15) is 18.1 Å². The Hall–Kier alpha value is -2.17. The van der Waals surface area contributed by atoms with E-state index in [-0.39, 0.29) is 24.0 Å². The molecule has 2 N–H and O–H groups in total. The monoisotopic (exact) mass is 469 g/mol. The number of halogens is 1. The maximum atomic E-state index is 5.56. The van der Waals surface area contributed by atoms with E-state index in [1.54, 1.807) is 0 Å². The first-order valence-corrected chi connectivity index (χ1v) is 8.41. The van der Waals surface area contributed by atoms with Gasteiger partial charge in [-0.15, -0.1) is 34.2 Å². The summed E-state index contributed by atoms with van der Waals surface area (Å²) in [6, 6.07) is 5.86. The molecule has 3 heterocycles. The van der Waals surface area contributed by atoms with Crippen LogP contribution in [0, 0.1) is 13.8 Å². The number of aryl methyl sites for hydroxylation is 2. The molecular formula is C17H24IN7O. The molecular weight excluding hydrogens is 445 g/mol. The van der Waals surface area contributed by atoms with Crippen molar-refractivity contribution in [2.45, 2.75) is 33.7 Å². The highest BCUT2D eigenvalue weighted by Crippen LogP contribution is 2.09. The van der Waals surface area contributed by atoms with Crippen LogP contribution in [-0.4, -0.2) is 38.6 Å². The van der Waals surface area contributed by atoms with E-state index in [1.165, 1.54) is 0 Å². The molecule has 0 aromatic carbocycles. The van der Waals surface area contributed by atoms with E-state index in [0.29, 0.717) is 19.0 Å². The highest BCUT2D eigenvalue weighted by Gasteiger charge is 2.07. The summed E-state index contributed by atoms with van der Waals surface area (Å²) in [4.78, 5) is 8.86. The molecule has 0 bridgehead atoms. The Balaban J connectivity index is 0.00000243. The molecule has 0 fully saturated rings. The molecule has 140 valence electrons. The molecule has 0 aliphatic rings. The summed E-state index contributed by atoms with van der Waals surface area (Å²) in [6.45, 7) is 7.75. The zero-order valence-electron chi connectivity index (χ0n) is 15.2. The second-order valence-corrected chi connectivity index (χ2v) is 5.67. The lowest BCUT2D eigenvalue weighted by Gasteiger charge is -2.10. The van der Waals surface area contributed by atoms with E-state index >= 15 is 0 Å². The topological polar surface area (TPSA) is 92.6 Å². The van der Waals surface area contributed by atoms with Crippen LogP contribution in [0.25, 0.3) is 5.65 Å². The summed E-state index contributed by atoms with van der Waals surface area (Å²) in [6.07, 6.45) is 2.71. The number of aliphatic imine (C=N–C) groups is 1. The lowest BCUT2D eigenvalue weighted by atomic mass is 10.4. The Morgan fingerprint density at radius 2 is 2.08 bits per heavy atom. The molecule has 0 spiro atoms. The van der Waals surface area contributed by atoms with Crippen molar-refractivity contribution in [3.8, 4) is 0 Å². The van der Waals surface area contributed by atoms with Crippen molar-refractivity contribution >= 4 is 35.6 Å². The Labute approximate surface area is 169 Å². The maximum Gasteiger partial charge on any atom is 0.216 e. The zero-order chi connectivity index (χ0) is 17.6. The first-order valence-electron chi connectivity index (χ1n) is 8.41. The third kappa shape index (κ3) is 4.93. The quantitative estimate of drug-likeness (QED) is 0.327. The van der Waals surface area contributed by atoms with Crippen LogP contribution in [0.4, 0.5) is 0 Å². The summed E-state index contributed by atoms with van der Waals surface area (Å²) in [5, 5.41) is 14.9. The predicted molar refractivity (Wildman–Crippen MR) is 111 cm³/mol. The van der Waals surface area contributed by atoms with Gasteiger partial charge in [-0.3, -0.25) is 4.40 Å². The van der Waals surface area contributed by atoms with Gasteiger partial charge in [0.2, 0.25) is 5.89 Å². The fraction of sp³-hybridized carbons (Fsp3) is 0.412. The van der Waals surface area contributed by atoms with Crippen LogP contribution in [0.3, 0.4) is 0 Å². The average Bonchev–Trinajstić information content (AvgIpc) is 3.16. The smallest absolute Gasteiger partial charge is 0.216 e. The fourth-order valence-corrected chi connectivity index (χ4v) is 2.45. The second kappa shape index (κ2) is 9.51. The van der Waals surface area contributed by atoms with Crippen LogP contribution in [0.2, 0.25) is 0 Å². The number of hydrogen-bond acceptors (Lipinski definition) is 5. The number of nitrogens with one attached hydrogen (secondary N) is 2. The Bertz CT molecular complexity index is 852. The van der Waals surface area contributed by atoms with E-state index in [1.807, 2.05) is 49.6 Å². The van der Waals surface area contributed by atoms with Gasteiger partial charge in [-0.1, -0.05) is 6.07 Å². The first kappa shape index (κ1) is 20.1. The van der Waals surface area contributed by atoms with Crippen LogP contribution >= 0.6 is 24.0 Å². The molecule has 3 aromatic rings. The summed E-state index contributed by atoms with van der Waals surface area (Å²) in [7, 11) is 0. The number of nitrogens with zero attached hydrogens (tertiary/aromatic N) is 5. The maximum absolute atomic E-state index is 5.56. The van der Waals surface area contributed by atoms with E-state index in [9.17, 15) is 0 Å². The normalized spacial score (nSPS) is 11.4. The molecule has 0 unspecified atom stereocenters. The number of pyridine rings is 1. The van der Waals surface area contributed by atoms with Crippen molar-refractivity contribution in [2.24, 2.45) is 4.99 Å². The molecule has 3 aromatic heterocycles. The van der Waals surface area contributed by atoms with Gasteiger partial charge in [-0.25, -0.2) is 9.98 Å². The Morgan fingerprint density at radius 3 is 2.81 bits per heavy atom. The van der Waals surface area contributed by atoms with Crippen molar-refractivity contribution in [2.75, 3.05) is 13.1 Å². The lowest BCUT2D eigenvalue weighted by molar-refractivity contribution is 0.473. The number of rotatable bonds is 6. The van der Waals surface area contributed by atoms with Crippen molar-refractivity contribution < 1.29 is 4.42 Å². The van der Waals surface area contributed by atoms with Gasteiger partial charge in [-0.2, -0.15) is 0 Å². The first-order chi connectivity index (χ1) is 12.2. The van der Waals surface area contributed by atoms with Crippen LogP contribution < -0.4 is 10.6 Å². The van der Waals surface area contributed by atoms with Gasteiger partial charge in [-0.05, 0) is 32.9 Å². The summed E-state index contributed by atoms with van der Waals surface area (Å²) in [5.41, 5.74) is 1.76.